The smallest absolute Gasteiger partial charge is 0.337 e. The quantitative estimate of drug-likeness (QED) is 0.829. The molecule has 1 rings (SSSR count). The maximum Gasteiger partial charge on any atom is 0.337 e. The van der Waals surface area contributed by atoms with E-state index in [1.165, 1.54) is 19.2 Å². The van der Waals surface area contributed by atoms with E-state index in [2.05, 4.69) is 0 Å². The van der Waals surface area contributed by atoms with Crippen LogP contribution < -0.4 is 4.74 Å². The Bertz CT molecular complexity index is 392. The monoisotopic (exact) mass is 232 g/mol. The summed E-state index contributed by atoms with van der Waals surface area (Å²) in [5.74, 6) is -1.73. The molecular formula is C10H10F2O4. The number of carboxylic acids is 1. The summed E-state index contributed by atoms with van der Waals surface area (Å²) >= 11 is 0. The lowest BCUT2D eigenvalue weighted by molar-refractivity contribution is -0.147. The van der Waals surface area contributed by atoms with Crippen molar-refractivity contribution in [1.82, 2.24) is 0 Å². The zero-order valence-corrected chi connectivity index (χ0v) is 8.35. The number of hydrogen-bond donors (Lipinski definition) is 2. The number of ether oxygens (including phenoxy) is 1. The van der Waals surface area contributed by atoms with Gasteiger partial charge in [-0.2, -0.15) is 0 Å². The van der Waals surface area contributed by atoms with Crippen LogP contribution in [0, 0.1) is 0 Å². The van der Waals surface area contributed by atoms with Crippen LogP contribution in [0.1, 0.15) is 23.7 Å². The van der Waals surface area contributed by atoms with Gasteiger partial charge in [0.15, 0.2) is 6.10 Å². The molecule has 1 unspecified atom stereocenters. The largest absolute Gasteiger partial charge is 0.496 e. The molecule has 4 nitrogen and oxygen atoms in total. The van der Waals surface area contributed by atoms with E-state index in [-0.39, 0.29) is 11.3 Å². The second-order valence-corrected chi connectivity index (χ2v) is 3.00. The van der Waals surface area contributed by atoms with Crippen LogP contribution >= 0.6 is 0 Å². The van der Waals surface area contributed by atoms with Crippen molar-refractivity contribution in [3.63, 3.8) is 0 Å². The van der Waals surface area contributed by atoms with Gasteiger partial charge in [0.25, 0.3) is 6.43 Å². The SMILES string of the molecule is COc1cccc(C(O)C(=O)O)c1C(F)F. The lowest BCUT2D eigenvalue weighted by atomic mass is 10.0. The number of alkyl halides is 2. The Morgan fingerprint density at radius 2 is 2.06 bits per heavy atom. The molecule has 0 amide bonds. The first-order valence-corrected chi connectivity index (χ1v) is 4.34. The second-order valence-electron chi connectivity index (χ2n) is 3.00. The fourth-order valence-corrected chi connectivity index (χ4v) is 1.34. The van der Waals surface area contributed by atoms with Crippen LogP contribution in [0.3, 0.4) is 0 Å². The molecule has 0 spiro atoms. The van der Waals surface area contributed by atoms with Gasteiger partial charge in [-0.05, 0) is 6.07 Å². The molecule has 0 heterocycles. The minimum absolute atomic E-state index is 0.146. The molecule has 0 aliphatic rings. The van der Waals surface area contributed by atoms with E-state index in [9.17, 15) is 18.7 Å². The molecule has 1 aromatic carbocycles. The molecule has 0 aliphatic carbocycles. The highest BCUT2D eigenvalue weighted by molar-refractivity contribution is 5.75. The number of hydrogen-bond acceptors (Lipinski definition) is 3. The molecule has 0 fully saturated rings. The van der Waals surface area contributed by atoms with Gasteiger partial charge in [-0.25, -0.2) is 13.6 Å². The summed E-state index contributed by atoms with van der Waals surface area (Å²) in [6.45, 7) is 0. The van der Waals surface area contributed by atoms with Gasteiger partial charge in [-0.15, -0.1) is 0 Å². The van der Waals surface area contributed by atoms with Gasteiger partial charge in [0.2, 0.25) is 0 Å². The standard InChI is InChI=1S/C10H10F2O4/c1-16-6-4-2-3-5(7(6)9(11)12)8(13)10(14)15/h2-4,8-9,13H,1H3,(H,14,15). The summed E-state index contributed by atoms with van der Waals surface area (Å²) in [5.41, 5.74) is -0.957. The number of aliphatic hydroxyl groups excluding tert-OH is 1. The molecule has 1 aromatic rings. The van der Waals surface area contributed by atoms with Crippen LogP contribution in [-0.2, 0) is 4.79 Å². The normalized spacial score (nSPS) is 12.6. The van der Waals surface area contributed by atoms with E-state index in [1.54, 1.807) is 0 Å². The molecule has 0 saturated heterocycles. The van der Waals surface area contributed by atoms with E-state index < -0.39 is 24.1 Å². The van der Waals surface area contributed by atoms with E-state index in [0.29, 0.717) is 0 Å². The van der Waals surface area contributed by atoms with Crippen molar-refractivity contribution >= 4 is 5.97 Å². The predicted octanol–water partition coefficient (Wildman–Crippen LogP) is 1.75. The number of carboxylic acid groups (broad SMARTS) is 1. The third kappa shape index (κ3) is 2.27. The zero-order valence-electron chi connectivity index (χ0n) is 8.35. The van der Waals surface area contributed by atoms with Gasteiger partial charge in [0, 0.05) is 5.56 Å². The van der Waals surface area contributed by atoms with Gasteiger partial charge in [-0.1, -0.05) is 12.1 Å². The maximum atomic E-state index is 12.7. The van der Waals surface area contributed by atoms with Gasteiger partial charge in [0.05, 0.1) is 12.7 Å². The Labute approximate surface area is 90.1 Å². The van der Waals surface area contributed by atoms with Gasteiger partial charge in [-0.3, -0.25) is 0 Å². The van der Waals surface area contributed by atoms with E-state index in [0.717, 1.165) is 6.07 Å². The number of benzene rings is 1. The topological polar surface area (TPSA) is 66.8 Å². The van der Waals surface area contributed by atoms with Gasteiger partial charge in [0.1, 0.15) is 5.75 Å². The first kappa shape index (κ1) is 12.4. The summed E-state index contributed by atoms with van der Waals surface area (Å²) in [4.78, 5) is 10.5. The van der Waals surface area contributed by atoms with Crippen molar-refractivity contribution in [3.05, 3.63) is 29.3 Å². The molecule has 2 N–H and O–H groups in total. The average Bonchev–Trinajstić information content (AvgIpc) is 2.26. The highest BCUT2D eigenvalue weighted by atomic mass is 19.3. The number of aliphatic hydroxyl groups is 1. The average molecular weight is 232 g/mol. The predicted molar refractivity (Wildman–Crippen MR) is 50.5 cm³/mol. The number of methoxy groups -OCH3 is 1. The summed E-state index contributed by atoms with van der Waals surface area (Å²) in [5, 5.41) is 17.8. The maximum absolute atomic E-state index is 12.7. The van der Waals surface area contributed by atoms with E-state index >= 15 is 0 Å². The molecule has 0 aliphatic heterocycles. The van der Waals surface area contributed by atoms with Crippen molar-refractivity contribution in [2.24, 2.45) is 0 Å². The van der Waals surface area contributed by atoms with Crippen LogP contribution in [0.5, 0.6) is 5.75 Å². The van der Waals surface area contributed by atoms with Crippen LogP contribution in [0.25, 0.3) is 0 Å². The minimum Gasteiger partial charge on any atom is -0.496 e. The Morgan fingerprint density at radius 1 is 1.44 bits per heavy atom. The molecule has 0 saturated carbocycles. The van der Waals surface area contributed by atoms with Gasteiger partial charge < -0.3 is 14.9 Å². The van der Waals surface area contributed by atoms with E-state index in [4.69, 9.17) is 9.84 Å². The van der Waals surface area contributed by atoms with Gasteiger partial charge >= 0.3 is 5.97 Å². The van der Waals surface area contributed by atoms with Crippen LogP contribution in [0.2, 0.25) is 0 Å². The summed E-state index contributed by atoms with van der Waals surface area (Å²) < 4.78 is 30.1. The van der Waals surface area contributed by atoms with Crippen molar-refractivity contribution in [2.45, 2.75) is 12.5 Å². The zero-order chi connectivity index (χ0) is 12.3. The Balaban J connectivity index is 3.32. The molecule has 0 aromatic heterocycles. The summed E-state index contributed by atoms with van der Waals surface area (Å²) in [6.07, 6.45) is -4.90. The number of carbonyl (C=O) groups is 1. The highest BCUT2D eigenvalue weighted by Crippen LogP contribution is 2.35. The fourth-order valence-electron chi connectivity index (χ4n) is 1.34. The Morgan fingerprint density at radius 3 is 2.50 bits per heavy atom. The first-order chi connectivity index (χ1) is 7.49. The van der Waals surface area contributed by atoms with E-state index in [1.807, 2.05) is 0 Å². The van der Waals surface area contributed by atoms with Crippen molar-refractivity contribution in [1.29, 1.82) is 0 Å². The first-order valence-electron chi connectivity index (χ1n) is 4.34. The molecule has 16 heavy (non-hydrogen) atoms. The van der Waals surface area contributed by atoms with Crippen molar-refractivity contribution in [2.75, 3.05) is 7.11 Å². The Kier molecular flexibility index (Phi) is 3.78. The molecule has 6 heteroatoms. The number of aliphatic carboxylic acids is 1. The Hall–Kier alpha value is -1.69. The third-order valence-electron chi connectivity index (χ3n) is 2.07. The van der Waals surface area contributed by atoms with Crippen molar-refractivity contribution < 1.29 is 28.5 Å². The lowest BCUT2D eigenvalue weighted by Gasteiger charge is -2.14. The number of rotatable bonds is 4. The molecular weight excluding hydrogens is 222 g/mol. The molecule has 0 bridgehead atoms. The number of halogens is 2. The van der Waals surface area contributed by atoms with Crippen LogP contribution in [-0.4, -0.2) is 23.3 Å². The summed E-state index contributed by atoms with van der Waals surface area (Å²) in [7, 11) is 1.19. The molecule has 88 valence electrons. The van der Waals surface area contributed by atoms with Crippen LogP contribution in [0.4, 0.5) is 8.78 Å². The van der Waals surface area contributed by atoms with Crippen LogP contribution in [0.15, 0.2) is 18.2 Å². The highest BCUT2D eigenvalue weighted by Gasteiger charge is 2.26. The fraction of sp³-hybridized carbons (Fsp3) is 0.300. The van der Waals surface area contributed by atoms with Crippen molar-refractivity contribution in [3.8, 4) is 5.75 Å². The molecule has 1 atom stereocenters. The molecule has 0 radical (unpaired) electrons. The summed E-state index contributed by atoms with van der Waals surface area (Å²) in [6, 6.07) is 3.74. The minimum atomic E-state index is -2.92. The second kappa shape index (κ2) is 4.89. The third-order valence-corrected chi connectivity index (χ3v) is 2.07. The lowest BCUT2D eigenvalue weighted by Crippen LogP contribution is -2.13.